The van der Waals surface area contributed by atoms with Gasteiger partial charge in [-0.2, -0.15) is 5.10 Å². The number of nitrogens with one attached hydrogen (secondary N) is 2. The molecule has 2 aromatic rings. The maximum Gasteiger partial charge on any atom is 0.277 e. The predicted molar refractivity (Wildman–Crippen MR) is 108 cm³/mol. The Bertz CT molecular complexity index is 1060. The molecule has 1 unspecified atom stereocenters. The maximum atomic E-state index is 14.6. The van der Waals surface area contributed by atoms with Crippen molar-refractivity contribution < 1.29 is 18.1 Å². The van der Waals surface area contributed by atoms with E-state index in [2.05, 4.69) is 10.4 Å². The number of aryl methyl sites for hydroxylation is 1. The molecule has 0 saturated heterocycles. The highest BCUT2D eigenvalue weighted by Gasteiger charge is 2.32. The van der Waals surface area contributed by atoms with Crippen LogP contribution in [0.4, 0.5) is 10.1 Å². The Morgan fingerprint density at radius 1 is 1.34 bits per heavy atom. The summed E-state index contributed by atoms with van der Waals surface area (Å²) >= 11 is 0. The molecule has 8 nitrogen and oxygen atoms in total. The van der Waals surface area contributed by atoms with E-state index in [-0.39, 0.29) is 28.3 Å². The molecular weight excluding hydrogens is 397 g/mol. The van der Waals surface area contributed by atoms with Crippen molar-refractivity contribution >= 4 is 21.5 Å². The SMILES string of the molecule is CC(C)c1ccc(F)c(C(C)C)c1NC(=O)c1nn2c(c1S(=N)(N)=O)OCCC2. The third-order valence-corrected chi connectivity index (χ3v) is 5.77. The lowest BCUT2D eigenvalue weighted by Gasteiger charge is -2.20. The Balaban J connectivity index is 2.13. The van der Waals surface area contributed by atoms with Crippen LogP contribution in [0.3, 0.4) is 0 Å². The zero-order valence-corrected chi connectivity index (χ0v) is 17.7. The largest absolute Gasteiger partial charge is 0.477 e. The summed E-state index contributed by atoms with van der Waals surface area (Å²) in [5.41, 5.74) is 1.28. The molecule has 0 bridgehead atoms. The molecule has 1 aromatic heterocycles. The summed E-state index contributed by atoms with van der Waals surface area (Å²) < 4.78 is 41.7. The number of hydrogen-bond acceptors (Lipinski definition) is 5. The van der Waals surface area contributed by atoms with Gasteiger partial charge < -0.3 is 10.1 Å². The van der Waals surface area contributed by atoms with Crippen LogP contribution in [0.25, 0.3) is 0 Å². The first kappa shape index (κ1) is 21.3. The molecule has 0 aliphatic carbocycles. The molecule has 0 fully saturated rings. The van der Waals surface area contributed by atoms with E-state index in [9.17, 15) is 13.4 Å². The standard InChI is InChI=1S/C19H26FN5O3S/c1-10(2)12-6-7-13(20)14(11(3)4)15(12)23-18(26)16-17(29(21,22)27)19-25(24-16)8-5-9-28-19/h6-7,10-11H,5,8-9H2,1-4H3,(H,23,26)(H3,21,22,27). The fraction of sp³-hybridized carbons (Fsp3) is 0.474. The molecule has 4 N–H and O–H groups in total. The predicted octanol–water partition coefficient (Wildman–Crippen LogP) is 3.58. The number of amides is 1. The van der Waals surface area contributed by atoms with Crippen LogP contribution < -0.4 is 15.2 Å². The zero-order valence-electron chi connectivity index (χ0n) is 16.9. The lowest BCUT2D eigenvalue weighted by molar-refractivity contribution is 0.101. The van der Waals surface area contributed by atoms with E-state index in [0.717, 1.165) is 5.56 Å². The van der Waals surface area contributed by atoms with Gasteiger partial charge in [0.1, 0.15) is 15.7 Å². The van der Waals surface area contributed by atoms with Gasteiger partial charge in [-0.05, 0) is 23.5 Å². The number of nitrogens with two attached hydrogens (primary N) is 1. The van der Waals surface area contributed by atoms with E-state index in [0.29, 0.717) is 30.8 Å². The lowest BCUT2D eigenvalue weighted by atomic mass is 9.92. The third kappa shape index (κ3) is 3.99. The highest BCUT2D eigenvalue weighted by Crippen LogP contribution is 2.36. The number of fused-ring (bicyclic) bond motifs is 1. The van der Waals surface area contributed by atoms with Crippen molar-refractivity contribution in [1.29, 1.82) is 4.78 Å². The van der Waals surface area contributed by atoms with Crippen LogP contribution in [-0.4, -0.2) is 26.5 Å². The maximum absolute atomic E-state index is 14.6. The number of rotatable bonds is 5. The number of hydrogen-bond donors (Lipinski definition) is 3. The fourth-order valence-electron chi connectivity index (χ4n) is 3.50. The van der Waals surface area contributed by atoms with E-state index in [1.165, 1.54) is 10.7 Å². The molecular formula is C19H26FN5O3S. The molecule has 1 aliphatic heterocycles. The van der Waals surface area contributed by atoms with Gasteiger partial charge in [0.15, 0.2) is 10.6 Å². The first-order valence-electron chi connectivity index (χ1n) is 9.46. The topological polar surface area (TPSA) is 123 Å². The van der Waals surface area contributed by atoms with Crippen LogP contribution in [0, 0.1) is 10.6 Å². The Morgan fingerprint density at radius 2 is 2.03 bits per heavy atom. The van der Waals surface area contributed by atoms with Gasteiger partial charge in [-0.1, -0.05) is 33.8 Å². The Hall–Kier alpha value is -2.46. The summed E-state index contributed by atoms with van der Waals surface area (Å²) in [6.45, 7) is 8.37. The number of aromatic nitrogens is 2. The fourth-order valence-corrected chi connectivity index (χ4v) is 4.34. The van der Waals surface area contributed by atoms with Crippen molar-refractivity contribution in [3.63, 3.8) is 0 Å². The van der Waals surface area contributed by atoms with Crippen LogP contribution >= 0.6 is 0 Å². The molecule has 0 saturated carbocycles. The van der Waals surface area contributed by atoms with Crippen molar-refractivity contribution in [1.82, 2.24) is 9.78 Å². The van der Waals surface area contributed by atoms with Crippen LogP contribution in [0.2, 0.25) is 0 Å². The van der Waals surface area contributed by atoms with Crippen LogP contribution in [0.5, 0.6) is 5.88 Å². The van der Waals surface area contributed by atoms with Crippen molar-refractivity contribution in [2.75, 3.05) is 11.9 Å². The monoisotopic (exact) mass is 423 g/mol. The van der Waals surface area contributed by atoms with E-state index >= 15 is 0 Å². The lowest BCUT2D eigenvalue weighted by Crippen LogP contribution is -2.21. The normalized spacial score (nSPS) is 15.7. The summed E-state index contributed by atoms with van der Waals surface area (Å²) in [5.74, 6) is -1.20. The summed E-state index contributed by atoms with van der Waals surface area (Å²) in [7, 11) is -3.77. The molecule has 158 valence electrons. The quantitative estimate of drug-likeness (QED) is 0.680. The Morgan fingerprint density at radius 3 is 2.62 bits per heavy atom. The van der Waals surface area contributed by atoms with Crippen molar-refractivity contribution in [2.24, 2.45) is 5.14 Å². The first-order chi connectivity index (χ1) is 13.5. The highest BCUT2D eigenvalue weighted by atomic mass is 32.2. The minimum atomic E-state index is -3.77. The van der Waals surface area contributed by atoms with Crippen molar-refractivity contribution in [2.45, 2.75) is 57.4 Å². The van der Waals surface area contributed by atoms with Gasteiger partial charge in [0.05, 0.1) is 12.3 Å². The molecule has 0 radical (unpaired) electrons. The number of anilines is 1. The van der Waals surface area contributed by atoms with E-state index in [1.54, 1.807) is 6.07 Å². The Labute approximate surface area is 169 Å². The number of nitrogens with zero attached hydrogens (tertiary/aromatic N) is 2. The molecule has 10 heteroatoms. The molecule has 0 spiro atoms. The zero-order chi connectivity index (χ0) is 21.5. The van der Waals surface area contributed by atoms with Gasteiger partial charge in [0.25, 0.3) is 5.91 Å². The average Bonchev–Trinajstić information content (AvgIpc) is 3.01. The molecule has 1 aromatic carbocycles. The molecule has 1 aliphatic rings. The van der Waals surface area contributed by atoms with Gasteiger partial charge in [-0.15, -0.1) is 0 Å². The smallest absolute Gasteiger partial charge is 0.277 e. The van der Waals surface area contributed by atoms with Crippen molar-refractivity contribution in [3.05, 3.63) is 34.8 Å². The number of carbonyl (C=O) groups excluding carboxylic acids is 1. The minimum absolute atomic E-state index is 0.0244. The molecule has 2 heterocycles. The third-order valence-electron chi connectivity index (χ3n) is 4.80. The highest BCUT2D eigenvalue weighted by molar-refractivity contribution is 7.90. The van der Waals surface area contributed by atoms with Gasteiger partial charge >= 0.3 is 0 Å². The summed E-state index contributed by atoms with van der Waals surface area (Å²) in [5, 5.41) is 12.5. The van der Waals surface area contributed by atoms with Gasteiger partial charge in [0.2, 0.25) is 5.88 Å². The number of benzene rings is 1. The summed E-state index contributed by atoms with van der Waals surface area (Å²) in [6.07, 6.45) is 0.665. The molecule has 29 heavy (non-hydrogen) atoms. The van der Waals surface area contributed by atoms with Gasteiger partial charge in [0, 0.05) is 18.5 Å². The van der Waals surface area contributed by atoms with E-state index in [1.807, 2.05) is 27.7 Å². The second-order valence-electron chi connectivity index (χ2n) is 7.70. The Kier molecular flexibility index (Phi) is 5.68. The summed E-state index contributed by atoms with van der Waals surface area (Å²) in [4.78, 5) is 12.9. The average molecular weight is 424 g/mol. The summed E-state index contributed by atoms with van der Waals surface area (Å²) in [6, 6.07) is 3.03. The molecule has 1 atom stereocenters. The first-order valence-corrected chi connectivity index (χ1v) is 11.1. The number of halogens is 1. The van der Waals surface area contributed by atoms with Crippen LogP contribution in [-0.2, 0) is 16.5 Å². The van der Waals surface area contributed by atoms with Gasteiger partial charge in [-0.3, -0.25) is 4.79 Å². The second kappa shape index (κ2) is 7.75. The van der Waals surface area contributed by atoms with E-state index in [4.69, 9.17) is 14.7 Å². The van der Waals surface area contributed by atoms with Crippen molar-refractivity contribution in [3.8, 4) is 5.88 Å². The number of ether oxygens (including phenoxy) is 1. The van der Waals surface area contributed by atoms with Crippen LogP contribution in [0.15, 0.2) is 17.0 Å². The van der Waals surface area contributed by atoms with E-state index < -0.39 is 21.6 Å². The van der Waals surface area contributed by atoms with Crippen LogP contribution in [0.1, 0.15) is 67.6 Å². The van der Waals surface area contributed by atoms with Gasteiger partial charge in [-0.25, -0.2) is 23.2 Å². The molecule has 1 amide bonds. The minimum Gasteiger partial charge on any atom is -0.477 e. The molecule has 3 rings (SSSR count). The number of carbonyl (C=O) groups is 1. The second-order valence-corrected chi connectivity index (χ2v) is 9.31.